The van der Waals surface area contributed by atoms with Crippen molar-refractivity contribution in [2.24, 2.45) is 10.8 Å². The first-order chi connectivity index (χ1) is 8.84. The van der Waals surface area contributed by atoms with E-state index in [4.69, 9.17) is 4.98 Å². The van der Waals surface area contributed by atoms with E-state index in [1.165, 1.54) is 25.7 Å². The largest absolute Gasteiger partial charge is 0.352 e. The van der Waals surface area contributed by atoms with Crippen molar-refractivity contribution in [3.8, 4) is 0 Å². The third-order valence-corrected chi connectivity index (χ3v) is 5.86. The molecule has 0 saturated heterocycles. The van der Waals surface area contributed by atoms with Crippen molar-refractivity contribution in [3.63, 3.8) is 0 Å². The van der Waals surface area contributed by atoms with Crippen LogP contribution in [0.4, 0.5) is 5.95 Å². The average Bonchev–Trinajstić information content (AvgIpc) is 2.82. The van der Waals surface area contributed by atoms with Crippen LogP contribution in [0.5, 0.6) is 0 Å². The molecule has 0 spiro atoms. The van der Waals surface area contributed by atoms with Gasteiger partial charge in [-0.1, -0.05) is 40.5 Å². The summed E-state index contributed by atoms with van der Waals surface area (Å²) in [4.78, 5) is 4.72. The van der Waals surface area contributed by atoms with Gasteiger partial charge in [-0.05, 0) is 30.6 Å². The van der Waals surface area contributed by atoms with Crippen LogP contribution in [0.25, 0.3) is 0 Å². The minimum absolute atomic E-state index is 0.355. The van der Waals surface area contributed by atoms with Gasteiger partial charge >= 0.3 is 0 Å². The molecule has 19 heavy (non-hydrogen) atoms. The minimum Gasteiger partial charge on any atom is -0.352 e. The van der Waals surface area contributed by atoms with Crippen molar-refractivity contribution >= 4 is 5.95 Å². The highest BCUT2D eigenvalue weighted by molar-refractivity contribution is 5.39. The molecule has 1 N–H and O–H groups in total. The first-order valence-electron chi connectivity index (χ1n) is 7.66. The Kier molecular flexibility index (Phi) is 2.74. The van der Waals surface area contributed by atoms with Gasteiger partial charge in [-0.15, -0.1) is 0 Å². The number of imidazole rings is 1. The number of aryl methyl sites for hydroxylation is 1. The van der Waals surface area contributed by atoms with E-state index in [1.807, 2.05) is 0 Å². The Morgan fingerprint density at radius 1 is 1.16 bits per heavy atom. The highest BCUT2D eigenvalue weighted by Crippen LogP contribution is 2.63. The molecule has 3 heteroatoms. The Morgan fingerprint density at radius 2 is 1.74 bits per heavy atom. The zero-order valence-electron chi connectivity index (χ0n) is 13.0. The summed E-state index contributed by atoms with van der Waals surface area (Å²) in [7, 11) is 0. The van der Waals surface area contributed by atoms with Gasteiger partial charge in [0.2, 0.25) is 5.95 Å². The Bertz CT molecular complexity index is 464. The average molecular weight is 261 g/mol. The molecule has 2 aliphatic carbocycles. The van der Waals surface area contributed by atoms with Crippen LogP contribution in [-0.2, 0) is 0 Å². The Labute approximate surface area is 116 Å². The zero-order valence-corrected chi connectivity index (χ0v) is 13.0. The van der Waals surface area contributed by atoms with Gasteiger partial charge in [0, 0.05) is 18.3 Å². The smallest absolute Gasteiger partial charge is 0.203 e. The number of hydrogen-bond acceptors (Lipinski definition) is 2. The maximum atomic E-state index is 4.72. The molecular formula is C16H27N3. The van der Waals surface area contributed by atoms with Crippen LogP contribution in [0.3, 0.4) is 0 Å². The van der Waals surface area contributed by atoms with Crippen LogP contribution in [0, 0.1) is 17.8 Å². The molecule has 0 radical (unpaired) electrons. The molecule has 2 aliphatic rings. The lowest BCUT2D eigenvalue weighted by atomic mass is 10.0. The predicted molar refractivity (Wildman–Crippen MR) is 79.4 cm³/mol. The molecule has 0 bridgehead atoms. The van der Waals surface area contributed by atoms with Gasteiger partial charge in [0.15, 0.2) is 0 Å². The highest BCUT2D eigenvalue weighted by Gasteiger charge is 2.65. The Hall–Kier alpha value is -0.990. The zero-order chi connectivity index (χ0) is 13.8. The van der Waals surface area contributed by atoms with Gasteiger partial charge in [0.25, 0.3) is 0 Å². The van der Waals surface area contributed by atoms with Crippen LogP contribution in [0.1, 0.15) is 65.1 Å². The van der Waals surface area contributed by atoms with E-state index in [2.05, 4.69) is 50.7 Å². The molecule has 0 aliphatic heterocycles. The van der Waals surface area contributed by atoms with Crippen LogP contribution in [0.2, 0.25) is 0 Å². The summed E-state index contributed by atoms with van der Waals surface area (Å²) in [5.41, 5.74) is 1.84. The van der Waals surface area contributed by atoms with Gasteiger partial charge in [0.1, 0.15) is 0 Å². The summed E-state index contributed by atoms with van der Waals surface area (Å²) in [5, 5.41) is 3.71. The van der Waals surface area contributed by atoms with Gasteiger partial charge in [-0.2, -0.15) is 0 Å². The van der Waals surface area contributed by atoms with E-state index in [1.54, 1.807) is 0 Å². The third kappa shape index (κ3) is 1.89. The number of nitrogens with zero attached hydrogens (tertiary/aromatic N) is 2. The number of rotatable bonds is 3. The van der Waals surface area contributed by atoms with Crippen LogP contribution in [0.15, 0.2) is 6.20 Å². The van der Waals surface area contributed by atoms with E-state index < -0.39 is 0 Å². The maximum Gasteiger partial charge on any atom is 0.203 e. The van der Waals surface area contributed by atoms with Crippen molar-refractivity contribution in [3.05, 3.63) is 11.9 Å². The molecule has 0 aromatic carbocycles. The van der Waals surface area contributed by atoms with Crippen molar-refractivity contribution < 1.29 is 0 Å². The summed E-state index contributed by atoms with van der Waals surface area (Å²) in [6.45, 7) is 11.5. The number of nitrogens with one attached hydrogen (secondary N) is 1. The van der Waals surface area contributed by atoms with Crippen molar-refractivity contribution in [1.82, 2.24) is 9.55 Å². The lowest BCUT2D eigenvalue weighted by Crippen LogP contribution is -2.16. The third-order valence-electron chi connectivity index (χ3n) is 5.86. The second-order valence-corrected chi connectivity index (χ2v) is 7.57. The van der Waals surface area contributed by atoms with Crippen LogP contribution < -0.4 is 5.32 Å². The predicted octanol–water partition coefficient (Wildman–Crippen LogP) is 4.15. The summed E-state index contributed by atoms with van der Waals surface area (Å²) >= 11 is 0. The fourth-order valence-electron chi connectivity index (χ4n) is 3.77. The van der Waals surface area contributed by atoms with E-state index in [-0.39, 0.29) is 0 Å². The molecule has 3 nitrogen and oxygen atoms in total. The van der Waals surface area contributed by atoms with Crippen molar-refractivity contribution in [2.75, 3.05) is 5.32 Å². The first kappa shape index (κ1) is 13.0. The molecule has 1 heterocycles. The summed E-state index contributed by atoms with van der Waals surface area (Å²) in [5.74, 6) is 1.09. The van der Waals surface area contributed by atoms with E-state index in [0.29, 0.717) is 22.9 Å². The molecular weight excluding hydrogens is 234 g/mol. The van der Waals surface area contributed by atoms with Crippen molar-refractivity contribution in [1.29, 1.82) is 0 Å². The highest BCUT2D eigenvalue weighted by atomic mass is 15.3. The summed E-state index contributed by atoms with van der Waals surface area (Å²) in [6, 6.07) is 1.19. The van der Waals surface area contributed by atoms with Gasteiger partial charge in [0.05, 0.1) is 5.69 Å². The SMILES string of the molecule is Cc1cn(C2CCCC2)c(NC2C(C)(C)C2(C)C)n1. The molecule has 2 fully saturated rings. The first-order valence-corrected chi connectivity index (χ1v) is 7.66. The molecule has 0 atom stereocenters. The van der Waals surface area contributed by atoms with E-state index in [9.17, 15) is 0 Å². The number of hydrogen-bond donors (Lipinski definition) is 1. The summed E-state index contributed by atoms with van der Waals surface area (Å²) in [6.07, 6.45) is 7.56. The van der Waals surface area contributed by atoms with Gasteiger partial charge in [-0.3, -0.25) is 0 Å². The molecule has 106 valence electrons. The minimum atomic E-state index is 0.355. The molecule has 0 unspecified atom stereocenters. The van der Waals surface area contributed by atoms with E-state index >= 15 is 0 Å². The molecule has 0 amide bonds. The van der Waals surface area contributed by atoms with E-state index in [0.717, 1.165) is 11.6 Å². The Balaban J connectivity index is 1.82. The summed E-state index contributed by atoms with van der Waals surface area (Å²) < 4.78 is 2.40. The second kappa shape index (κ2) is 4.00. The van der Waals surface area contributed by atoms with Crippen LogP contribution >= 0.6 is 0 Å². The lowest BCUT2D eigenvalue weighted by Gasteiger charge is -2.16. The Morgan fingerprint density at radius 3 is 2.26 bits per heavy atom. The van der Waals surface area contributed by atoms with Crippen LogP contribution in [-0.4, -0.2) is 15.6 Å². The quantitative estimate of drug-likeness (QED) is 0.885. The maximum absolute atomic E-state index is 4.72. The van der Waals surface area contributed by atoms with Crippen molar-refractivity contribution in [2.45, 2.75) is 72.4 Å². The lowest BCUT2D eigenvalue weighted by molar-refractivity contribution is 0.457. The fraction of sp³-hybridized carbons (Fsp3) is 0.812. The molecule has 2 saturated carbocycles. The fourth-order valence-corrected chi connectivity index (χ4v) is 3.77. The monoisotopic (exact) mass is 261 g/mol. The van der Waals surface area contributed by atoms with Gasteiger partial charge < -0.3 is 9.88 Å². The number of anilines is 1. The molecule has 3 rings (SSSR count). The standard InChI is InChI=1S/C16H27N3/c1-11-10-19(12-8-6-7-9-12)14(17-11)18-13-15(2,3)16(13,4)5/h10,12-13H,6-9H2,1-5H3,(H,17,18). The molecule has 1 aromatic rings. The molecule has 1 aromatic heterocycles. The topological polar surface area (TPSA) is 29.9 Å². The normalized spacial score (nSPS) is 25.7. The number of aromatic nitrogens is 2. The van der Waals surface area contributed by atoms with Gasteiger partial charge in [-0.25, -0.2) is 4.98 Å². The second-order valence-electron chi connectivity index (χ2n) is 7.57.